The van der Waals surface area contributed by atoms with Crippen molar-refractivity contribution < 1.29 is 27.6 Å². The van der Waals surface area contributed by atoms with Crippen LogP contribution in [0, 0.1) is 11.3 Å². The third kappa shape index (κ3) is 6.98. The number of nitrogens with one attached hydrogen (secondary N) is 1. The molecule has 1 aliphatic heterocycles. The first-order valence-corrected chi connectivity index (χ1v) is 17.6. The van der Waals surface area contributed by atoms with E-state index in [1.54, 1.807) is 12.1 Å². The molecular weight excluding hydrogens is 560 g/mol. The van der Waals surface area contributed by atoms with Gasteiger partial charge < -0.3 is 19.5 Å². The van der Waals surface area contributed by atoms with Gasteiger partial charge in [0, 0.05) is 34.1 Å². The molecule has 0 saturated heterocycles. The van der Waals surface area contributed by atoms with Crippen molar-refractivity contribution >= 4 is 50.3 Å². The lowest BCUT2D eigenvalue weighted by Crippen LogP contribution is -2.46. The van der Waals surface area contributed by atoms with Crippen molar-refractivity contribution in [1.29, 1.82) is 0 Å². The Balaban J connectivity index is 1.82. The molecule has 1 unspecified atom stereocenters. The van der Waals surface area contributed by atoms with E-state index >= 15 is 0 Å². The zero-order valence-electron chi connectivity index (χ0n) is 24.1. The van der Waals surface area contributed by atoms with Gasteiger partial charge in [-0.2, -0.15) is 0 Å². The van der Waals surface area contributed by atoms with Crippen LogP contribution in [0.4, 0.5) is 17.1 Å². The minimum absolute atomic E-state index is 0.0548. The molecule has 3 N–H and O–H groups in total. The molecule has 2 aromatic rings. The van der Waals surface area contributed by atoms with E-state index in [1.807, 2.05) is 43.5 Å². The Morgan fingerprint density at radius 1 is 1.17 bits per heavy atom. The van der Waals surface area contributed by atoms with Crippen molar-refractivity contribution in [3.8, 4) is 0 Å². The summed E-state index contributed by atoms with van der Waals surface area (Å²) >= 11 is 1.53. The fraction of sp³-hybridized carbons (Fsp3) is 0.484. The molecule has 0 aromatic heterocycles. The fourth-order valence-electron chi connectivity index (χ4n) is 6.03. The second-order valence-electron chi connectivity index (χ2n) is 11.3. The summed E-state index contributed by atoms with van der Waals surface area (Å²) in [4.78, 5) is 27.0. The molecule has 1 amide bonds. The smallest absolute Gasteiger partial charge is 0.331 e. The molecule has 1 heterocycles. The summed E-state index contributed by atoms with van der Waals surface area (Å²) in [6.45, 7) is 4.60. The molecule has 41 heavy (non-hydrogen) atoms. The maximum Gasteiger partial charge on any atom is 0.331 e. The summed E-state index contributed by atoms with van der Waals surface area (Å²) in [7, 11) is -5.03. The van der Waals surface area contributed by atoms with E-state index in [2.05, 4.69) is 17.1 Å². The molecule has 0 spiro atoms. The van der Waals surface area contributed by atoms with Crippen LogP contribution in [0.1, 0.15) is 65.2 Å². The number of hydrogen-bond acceptors (Lipinski definition) is 6. The average Bonchev–Trinajstić information content (AvgIpc) is 3.47. The normalized spacial score (nSPS) is 22.8. The largest absolute Gasteiger partial charge is 0.478 e. The Hall–Kier alpha value is -2.82. The summed E-state index contributed by atoms with van der Waals surface area (Å²) in [5.41, 5.74) is 1.50. The Morgan fingerprint density at radius 3 is 2.49 bits per heavy atom. The number of unbranched alkanes of at least 4 members (excludes halogenated alkanes) is 1. The van der Waals surface area contributed by atoms with E-state index in [-0.39, 0.29) is 22.5 Å². The first-order chi connectivity index (χ1) is 19.5. The van der Waals surface area contributed by atoms with E-state index in [9.17, 15) is 18.4 Å². The molecule has 0 bridgehead atoms. The van der Waals surface area contributed by atoms with Gasteiger partial charge in [0.05, 0.1) is 22.4 Å². The molecule has 1 saturated carbocycles. The molecule has 1 atom stereocenters. The molecule has 1 aliphatic carbocycles. The Morgan fingerprint density at radius 2 is 1.88 bits per heavy atom. The minimum atomic E-state index is -5.03. The van der Waals surface area contributed by atoms with Gasteiger partial charge in [0.25, 0.3) is 0 Å². The lowest BCUT2D eigenvalue weighted by Gasteiger charge is -2.42. The van der Waals surface area contributed by atoms with E-state index in [4.69, 9.17) is 9.29 Å². The number of anilines is 3. The Labute approximate surface area is 247 Å². The summed E-state index contributed by atoms with van der Waals surface area (Å²) in [5, 5.41) is 12.2. The number of thioether (sulfide) groups is 1. The fourth-order valence-corrected chi connectivity index (χ4v) is 9.51. The standard InChI is InChI=1S/C31H42N2O6S2/c1-4-6-18-31(5-2)21-33(25-13-11-24(12-14-25)32-30(36)23-9-7-8-10-23)27-20-26(40-3)15-16-28(27)41(37,38,22-31)39-19-17-29(34)35/h11-17,19-20,23H,4-10,18,21-22H2,1-3H3,(H,32,36)(H,34,35)(H,37,38)/b19-17+. The van der Waals surface area contributed by atoms with E-state index in [1.165, 1.54) is 11.8 Å². The van der Waals surface area contributed by atoms with Crippen molar-refractivity contribution in [2.45, 2.75) is 75.0 Å². The Kier molecular flexibility index (Phi) is 9.56. The first-order valence-electron chi connectivity index (χ1n) is 14.4. The summed E-state index contributed by atoms with van der Waals surface area (Å²) in [6, 6.07) is 13.0. The number of carboxylic acid groups (broad SMARTS) is 1. The van der Waals surface area contributed by atoms with Gasteiger partial charge in [-0.3, -0.25) is 9.35 Å². The predicted molar refractivity (Wildman–Crippen MR) is 166 cm³/mol. The first kappa shape index (κ1) is 31.1. The van der Waals surface area contributed by atoms with Crippen LogP contribution >= 0.6 is 11.8 Å². The third-order valence-electron chi connectivity index (χ3n) is 8.39. The number of nitrogens with zero attached hydrogens (tertiary/aromatic N) is 1. The van der Waals surface area contributed by atoms with E-state index in [0.717, 1.165) is 67.1 Å². The second-order valence-corrected chi connectivity index (χ2v) is 15.0. The highest BCUT2D eigenvalue weighted by molar-refractivity contribution is 8.11. The third-order valence-corrected chi connectivity index (χ3v) is 12.0. The summed E-state index contributed by atoms with van der Waals surface area (Å²) in [5.74, 6) is -1.30. The van der Waals surface area contributed by atoms with Gasteiger partial charge >= 0.3 is 5.97 Å². The van der Waals surface area contributed by atoms with Gasteiger partial charge in [-0.25, -0.2) is 9.00 Å². The van der Waals surface area contributed by atoms with Gasteiger partial charge in [0.2, 0.25) is 5.91 Å². The zero-order chi connectivity index (χ0) is 29.7. The lowest BCUT2D eigenvalue weighted by atomic mass is 9.81. The van der Waals surface area contributed by atoms with Crippen LogP contribution in [-0.4, -0.2) is 44.3 Å². The number of benzene rings is 2. The molecule has 2 aromatic carbocycles. The van der Waals surface area contributed by atoms with Crippen molar-refractivity contribution in [3.05, 3.63) is 54.8 Å². The highest BCUT2D eigenvalue weighted by Gasteiger charge is 2.51. The number of carbonyl (C=O) groups excluding carboxylic acids is 1. The number of amides is 1. The van der Waals surface area contributed by atoms with Gasteiger partial charge in [-0.05, 0) is 74.4 Å². The SMILES string of the molecule is CCCCC1(CC)CN(c2ccc(NC(=O)C3CCCC3)cc2)c2cc(SC)ccc2S(=O)(O)(O/C=C/C(=O)O)C1. The summed E-state index contributed by atoms with van der Waals surface area (Å²) < 4.78 is 32.6. The monoisotopic (exact) mass is 602 g/mol. The van der Waals surface area contributed by atoms with Crippen LogP contribution in [0.2, 0.25) is 0 Å². The van der Waals surface area contributed by atoms with Gasteiger partial charge in [-0.15, -0.1) is 11.8 Å². The summed E-state index contributed by atoms with van der Waals surface area (Å²) in [6.07, 6.45) is 10.7. The van der Waals surface area contributed by atoms with Crippen LogP contribution in [0.25, 0.3) is 0 Å². The number of hydrogen-bond donors (Lipinski definition) is 3. The number of fused-ring (bicyclic) bond motifs is 1. The number of aliphatic carboxylic acids is 1. The van der Waals surface area contributed by atoms with Gasteiger partial charge in [0.1, 0.15) is 15.9 Å². The van der Waals surface area contributed by atoms with E-state index in [0.29, 0.717) is 25.1 Å². The molecule has 8 nitrogen and oxygen atoms in total. The van der Waals surface area contributed by atoms with Crippen molar-refractivity contribution in [2.24, 2.45) is 11.3 Å². The van der Waals surface area contributed by atoms with Crippen molar-refractivity contribution in [2.75, 3.05) is 28.8 Å². The van der Waals surface area contributed by atoms with Gasteiger partial charge in [0.15, 0.2) is 0 Å². The second kappa shape index (κ2) is 12.6. The molecule has 0 radical (unpaired) electrons. The number of carbonyl (C=O) groups is 2. The van der Waals surface area contributed by atoms with Crippen molar-refractivity contribution in [1.82, 2.24) is 0 Å². The highest BCUT2D eigenvalue weighted by atomic mass is 32.3. The predicted octanol–water partition coefficient (Wildman–Crippen LogP) is 7.46. The maximum atomic E-state index is 14.9. The number of carboxylic acids is 1. The molecule has 4 rings (SSSR count). The quantitative estimate of drug-likeness (QED) is 0.138. The number of rotatable bonds is 11. The van der Waals surface area contributed by atoms with E-state index < -0.39 is 21.0 Å². The lowest BCUT2D eigenvalue weighted by molar-refractivity contribution is -0.131. The van der Waals surface area contributed by atoms with Crippen LogP contribution in [0.15, 0.2) is 64.6 Å². The maximum absolute atomic E-state index is 14.9. The van der Waals surface area contributed by atoms with Crippen molar-refractivity contribution in [3.63, 3.8) is 0 Å². The van der Waals surface area contributed by atoms with Crippen LogP contribution in [-0.2, 0) is 23.4 Å². The van der Waals surface area contributed by atoms with Crippen LogP contribution < -0.4 is 10.2 Å². The van der Waals surface area contributed by atoms with Crippen LogP contribution in [0.5, 0.6) is 0 Å². The minimum Gasteiger partial charge on any atom is -0.478 e. The molecule has 224 valence electrons. The molecule has 10 heteroatoms. The molecule has 2 aliphatic rings. The topological polar surface area (TPSA) is 116 Å². The highest BCUT2D eigenvalue weighted by Crippen LogP contribution is 2.53. The zero-order valence-corrected chi connectivity index (χ0v) is 25.8. The Bertz CT molecular complexity index is 1350. The average molecular weight is 603 g/mol. The van der Waals surface area contributed by atoms with Gasteiger partial charge in [-0.1, -0.05) is 39.5 Å². The molecule has 1 fully saturated rings. The van der Waals surface area contributed by atoms with Crippen LogP contribution in [0.3, 0.4) is 0 Å². The molecular formula is C31H42N2O6S2.